The van der Waals surface area contributed by atoms with Gasteiger partial charge in [0.1, 0.15) is 0 Å². The Labute approximate surface area is 259 Å². The zero-order chi connectivity index (χ0) is 31.0. The summed E-state index contributed by atoms with van der Waals surface area (Å²) >= 11 is 0. The summed E-state index contributed by atoms with van der Waals surface area (Å²) in [7, 11) is 0. The predicted octanol–water partition coefficient (Wildman–Crippen LogP) is 3.90. The van der Waals surface area contributed by atoms with Gasteiger partial charge in [-0.1, -0.05) is 59.8 Å². The molecule has 2 aromatic heterocycles. The number of nitrogens with one attached hydrogen (secondary N) is 1. The minimum absolute atomic E-state index is 0.127. The van der Waals surface area contributed by atoms with Crippen LogP contribution in [0.1, 0.15) is 35.7 Å². The van der Waals surface area contributed by atoms with Crippen molar-refractivity contribution in [3.63, 3.8) is 0 Å². The number of rotatable bonds is 13. The summed E-state index contributed by atoms with van der Waals surface area (Å²) in [5, 5.41) is 27.8. The third kappa shape index (κ3) is 6.69. The van der Waals surface area contributed by atoms with E-state index in [1.807, 2.05) is 66.1 Å². The van der Waals surface area contributed by atoms with Gasteiger partial charge in [0, 0.05) is 18.2 Å². The molecule has 6 rings (SSSR count). The number of aromatic nitrogens is 6. The Kier molecular flexibility index (Phi) is 9.37. The van der Waals surface area contributed by atoms with Crippen molar-refractivity contribution < 1.29 is 24.2 Å². The fourth-order valence-electron chi connectivity index (χ4n) is 5.61. The van der Waals surface area contributed by atoms with E-state index < -0.39 is 5.97 Å². The molecule has 1 fully saturated rings. The Morgan fingerprint density at radius 3 is 2.73 bits per heavy atom. The summed E-state index contributed by atoms with van der Waals surface area (Å²) in [4.78, 5) is 25.2. The lowest BCUT2D eigenvalue weighted by Gasteiger charge is -2.19. The highest BCUT2D eigenvalue weighted by molar-refractivity contribution is 6.02. The van der Waals surface area contributed by atoms with Crippen LogP contribution < -0.4 is 4.74 Å². The molecule has 2 N–H and O–H groups in total. The van der Waals surface area contributed by atoms with E-state index in [0.717, 1.165) is 41.6 Å². The highest BCUT2D eigenvalue weighted by Gasteiger charge is 2.23. The van der Waals surface area contributed by atoms with E-state index >= 15 is 0 Å². The third-order valence-electron chi connectivity index (χ3n) is 7.76. The number of likely N-dealkylation sites (tertiary alicyclic amines) is 1. The number of para-hydroxylation sites is 1. The van der Waals surface area contributed by atoms with Crippen LogP contribution in [0.15, 0.2) is 71.9 Å². The van der Waals surface area contributed by atoms with Crippen molar-refractivity contribution in [2.45, 2.75) is 32.4 Å². The number of fused-ring (bicyclic) bond motifs is 1. The highest BCUT2D eigenvalue weighted by atomic mass is 16.8. The summed E-state index contributed by atoms with van der Waals surface area (Å²) in [6, 6.07) is 21.9. The smallest absolute Gasteiger partial charge is 0.343 e. The van der Waals surface area contributed by atoms with E-state index in [0.29, 0.717) is 48.1 Å². The van der Waals surface area contributed by atoms with Gasteiger partial charge in [0.25, 0.3) is 12.8 Å². The third-order valence-corrected chi connectivity index (χ3v) is 7.76. The molecule has 3 aromatic carbocycles. The lowest BCUT2D eigenvalue weighted by molar-refractivity contribution is -0.0295. The Morgan fingerprint density at radius 2 is 1.96 bits per heavy atom. The minimum atomic E-state index is -0.562. The summed E-state index contributed by atoms with van der Waals surface area (Å²) in [5.41, 5.74) is 5.39. The number of imidazole rings is 1. The topological polar surface area (TPSA) is 153 Å². The van der Waals surface area contributed by atoms with Crippen molar-refractivity contribution in [2.75, 3.05) is 33.1 Å². The second-order valence-corrected chi connectivity index (χ2v) is 10.5. The first-order valence-corrected chi connectivity index (χ1v) is 14.9. The molecule has 1 saturated heterocycles. The fourth-order valence-corrected chi connectivity index (χ4v) is 5.61. The molecule has 1 aliphatic rings. The zero-order valence-electron chi connectivity index (χ0n) is 24.9. The molecule has 232 valence electrons. The van der Waals surface area contributed by atoms with Crippen LogP contribution in [-0.2, 0) is 16.1 Å². The lowest BCUT2D eigenvalue weighted by Crippen LogP contribution is -2.33. The van der Waals surface area contributed by atoms with Crippen LogP contribution in [0, 0.1) is 0 Å². The van der Waals surface area contributed by atoms with Crippen LogP contribution in [0.4, 0.5) is 0 Å². The molecular formula is C32H34N8O5. The van der Waals surface area contributed by atoms with E-state index in [1.165, 1.54) is 0 Å². The van der Waals surface area contributed by atoms with Gasteiger partial charge in [-0.25, -0.2) is 4.79 Å². The number of ether oxygens (including phenoxy) is 2. The first kappa shape index (κ1) is 29.9. The number of hydrogen-bond donors (Lipinski definition) is 2. The van der Waals surface area contributed by atoms with Gasteiger partial charge in [-0.05, 0) is 60.3 Å². The van der Waals surface area contributed by atoms with Gasteiger partial charge >= 0.3 is 5.97 Å². The van der Waals surface area contributed by atoms with Gasteiger partial charge in [0.2, 0.25) is 5.82 Å². The summed E-state index contributed by atoms with van der Waals surface area (Å²) in [6.45, 7) is 3.97. The highest BCUT2D eigenvalue weighted by Crippen LogP contribution is 2.31. The number of H-pyrrole nitrogens is 1. The van der Waals surface area contributed by atoms with Crippen molar-refractivity contribution in [1.82, 2.24) is 35.1 Å². The van der Waals surface area contributed by atoms with Crippen molar-refractivity contribution in [3.8, 4) is 28.5 Å². The maximum absolute atomic E-state index is 13.2. The number of carbonyl (C=O) groups is 1. The lowest BCUT2D eigenvalue weighted by atomic mass is 9.98. The van der Waals surface area contributed by atoms with E-state index in [2.05, 4.69) is 35.7 Å². The van der Waals surface area contributed by atoms with Gasteiger partial charge in [0.15, 0.2) is 0 Å². The standard InChI is InChI=1S/C32H34N8O5/c1-2-43-32-34-28-11-5-10-27(31(42)44-21-45-33-16-18-39-17-6-7-24(39)20-41)29(28)40(32)19-22-12-14-23(15-13-22)25-8-3-4-9-26(25)30-35-37-38-36-30/h3-5,8-16,24,41H,2,6-7,17-21H2,1H3,(H,35,36,37,38)/b33-16+. The SMILES string of the molecule is CCOc1nc2cccc(C(=O)OCO/N=C/CN3CCCC3CO)c2n1Cc1ccc(-c2ccccc2-c2nn[nH]n2)cc1. The number of esters is 1. The van der Waals surface area contributed by atoms with E-state index in [9.17, 15) is 9.90 Å². The molecule has 0 saturated carbocycles. The van der Waals surface area contributed by atoms with Crippen LogP contribution in [-0.4, -0.2) is 91.5 Å². The first-order valence-electron chi connectivity index (χ1n) is 14.9. The number of tetrazole rings is 1. The molecule has 13 nitrogen and oxygen atoms in total. The van der Waals surface area contributed by atoms with Gasteiger partial charge in [-0.15, -0.1) is 10.2 Å². The Morgan fingerprint density at radius 1 is 1.11 bits per heavy atom. The molecule has 0 radical (unpaired) electrons. The molecule has 0 amide bonds. The largest absolute Gasteiger partial charge is 0.465 e. The number of benzene rings is 3. The van der Waals surface area contributed by atoms with E-state index in [-0.39, 0.29) is 19.4 Å². The van der Waals surface area contributed by atoms with Crippen LogP contribution in [0.25, 0.3) is 33.5 Å². The van der Waals surface area contributed by atoms with Gasteiger partial charge in [-0.3, -0.25) is 9.47 Å². The fraction of sp³-hybridized carbons (Fsp3) is 0.312. The molecule has 3 heterocycles. The first-order chi connectivity index (χ1) is 22.2. The summed E-state index contributed by atoms with van der Waals surface area (Å²) in [6.07, 6.45) is 3.63. The van der Waals surface area contributed by atoms with Crippen molar-refractivity contribution in [1.29, 1.82) is 0 Å². The Bertz CT molecular complexity index is 1750. The molecule has 1 aliphatic heterocycles. The van der Waals surface area contributed by atoms with E-state index in [4.69, 9.17) is 14.3 Å². The number of carbonyl (C=O) groups excluding carboxylic acids is 1. The van der Waals surface area contributed by atoms with Gasteiger partial charge in [0.05, 0.1) is 42.6 Å². The van der Waals surface area contributed by atoms with Crippen molar-refractivity contribution >= 4 is 23.2 Å². The molecule has 5 aromatic rings. The number of aliphatic hydroxyl groups is 1. The molecule has 0 aliphatic carbocycles. The number of oxime groups is 1. The quantitative estimate of drug-likeness (QED) is 0.0660. The molecule has 1 atom stereocenters. The zero-order valence-corrected chi connectivity index (χ0v) is 24.9. The number of hydrogen-bond acceptors (Lipinski definition) is 11. The summed E-state index contributed by atoms with van der Waals surface area (Å²) in [5.74, 6) is -0.0379. The predicted molar refractivity (Wildman–Crippen MR) is 167 cm³/mol. The number of aromatic amines is 1. The van der Waals surface area contributed by atoms with Gasteiger partial charge in [-0.2, -0.15) is 10.2 Å². The molecule has 1 unspecified atom stereocenters. The van der Waals surface area contributed by atoms with Gasteiger partial charge < -0.3 is 19.4 Å². The number of aliphatic hydroxyl groups excluding tert-OH is 1. The molecule has 0 bridgehead atoms. The van der Waals surface area contributed by atoms with Crippen LogP contribution in [0.2, 0.25) is 0 Å². The minimum Gasteiger partial charge on any atom is -0.465 e. The average Bonchev–Trinajstić information content (AvgIpc) is 3.84. The second kappa shape index (κ2) is 14.1. The van der Waals surface area contributed by atoms with Crippen LogP contribution in [0.3, 0.4) is 0 Å². The molecule has 0 spiro atoms. The number of nitrogens with zero attached hydrogens (tertiary/aromatic N) is 7. The van der Waals surface area contributed by atoms with E-state index in [1.54, 1.807) is 18.3 Å². The molecule has 13 heteroatoms. The normalized spacial score (nSPS) is 15.2. The maximum Gasteiger partial charge on any atom is 0.343 e. The van der Waals surface area contributed by atoms with Crippen LogP contribution >= 0.6 is 0 Å². The van der Waals surface area contributed by atoms with Crippen molar-refractivity contribution in [2.24, 2.45) is 5.16 Å². The monoisotopic (exact) mass is 610 g/mol. The van der Waals surface area contributed by atoms with Crippen LogP contribution in [0.5, 0.6) is 6.01 Å². The Balaban J connectivity index is 1.18. The summed E-state index contributed by atoms with van der Waals surface area (Å²) < 4.78 is 13.2. The second-order valence-electron chi connectivity index (χ2n) is 10.5. The molecular weight excluding hydrogens is 576 g/mol. The van der Waals surface area contributed by atoms with Crippen molar-refractivity contribution in [3.05, 3.63) is 77.9 Å². The molecule has 45 heavy (non-hydrogen) atoms. The Hall–Kier alpha value is -5.14. The maximum atomic E-state index is 13.2. The average molecular weight is 611 g/mol.